The smallest absolute Gasteiger partial charge is 0.315 e. The molecule has 0 unspecified atom stereocenters. The van der Waals surface area contributed by atoms with Gasteiger partial charge in [0.05, 0.1) is 10.6 Å². The van der Waals surface area contributed by atoms with Crippen molar-refractivity contribution < 1.29 is 13.2 Å². The molecule has 114 valence electrons. The molecule has 21 heavy (non-hydrogen) atoms. The predicted molar refractivity (Wildman–Crippen MR) is 80.6 cm³/mol. The number of aryl methyl sites for hydroxylation is 1. The highest BCUT2D eigenvalue weighted by Crippen LogP contribution is 2.36. The van der Waals surface area contributed by atoms with Crippen LogP contribution in [0.15, 0.2) is 29.2 Å². The summed E-state index contributed by atoms with van der Waals surface area (Å²) in [5, 5.41) is 3.26. The molecule has 0 amide bonds. The molecule has 1 aromatic heterocycles. The minimum absolute atomic E-state index is 0.182. The number of hydrogen-bond donors (Lipinski definition) is 1. The fraction of sp³-hybridized carbons (Fsp3) is 0.357. The first kappa shape index (κ1) is 16.3. The Balaban J connectivity index is 2.16. The second kappa shape index (κ2) is 6.81. The van der Waals surface area contributed by atoms with Crippen LogP contribution in [0.25, 0.3) is 0 Å². The van der Waals surface area contributed by atoms with Gasteiger partial charge in [0.1, 0.15) is 5.01 Å². The molecule has 0 atom stereocenters. The van der Waals surface area contributed by atoms with Gasteiger partial charge in [0.15, 0.2) is 5.69 Å². The van der Waals surface area contributed by atoms with Gasteiger partial charge in [0.2, 0.25) is 0 Å². The molecule has 1 heterocycles. The molecular weight excluding hydrogens is 317 g/mol. The Morgan fingerprint density at radius 1 is 1.29 bits per heavy atom. The summed E-state index contributed by atoms with van der Waals surface area (Å²) >= 11 is 2.63. The van der Waals surface area contributed by atoms with Crippen LogP contribution in [0.5, 0.6) is 0 Å². The van der Waals surface area contributed by atoms with Gasteiger partial charge >= 0.3 is 6.18 Å². The van der Waals surface area contributed by atoms with Gasteiger partial charge in [-0.25, -0.2) is 4.98 Å². The summed E-state index contributed by atoms with van der Waals surface area (Å²) in [7, 11) is 1.63. The van der Waals surface area contributed by atoms with E-state index in [1.165, 1.54) is 11.8 Å². The Morgan fingerprint density at radius 3 is 2.62 bits per heavy atom. The molecule has 0 aliphatic carbocycles. The van der Waals surface area contributed by atoms with Crippen LogP contribution >= 0.6 is 23.1 Å². The molecule has 7 heteroatoms. The second-order valence-electron chi connectivity index (χ2n) is 4.46. The van der Waals surface area contributed by atoms with Gasteiger partial charge in [-0.05, 0) is 25.6 Å². The van der Waals surface area contributed by atoms with Crippen LogP contribution in [0.4, 0.5) is 13.2 Å². The van der Waals surface area contributed by atoms with Crippen molar-refractivity contribution in [1.29, 1.82) is 0 Å². The first-order chi connectivity index (χ1) is 9.91. The molecule has 0 spiro atoms. The molecule has 1 N–H and O–H groups in total. The van der Waals surface area contributed by atoms with Crippen LogP contribution in [-0.4, -0.2) is 12.0 Å². The van der Waals surface area contributed by atoms with Crippen molar-refractivity contribution in [3.05, 3.63) is 45.4 Å². The number of rotatable bonds is 5. The highest BCUT2D eigenvalue weighted by Gasteiger charge is 2.37. The number of thiazole rings is 1. The fourth-order valence-corrected chi connectivity index (χ4v) is 3.94. The molecule has 2 aromatic rings. The van der Waals surface area contributed by atoms with E-state index < -0.39 is 11.9 Å². The third-order valence-electron chi connectivity index (χ3n) is 2.79. The highest BCUT2D eigenvalue weighted by atomic mass is 32.2. The summed E-state index contributed by atoms with van der Waals surface area (Å²) in [5.74, 6) is 0.447. The number of aromatic nitrogens is 1. The van der Waals surface area contributed by atoms with Crippen molar-refractivity contribution in [3.63, 3.8) is 0 Å². The minimum Gasteiger partial charge on any atom is -0.315 e. The largest absolute Gasteiger partial charge is 0.434 e. The summed E-state index contributed by atoms with van der Waals surface area (Å²) in [4.78, 5) is 5.08. The maximum Gasteiger partial charge on any atom is 0.434 e. The van der Waals surface area contributed by atoms with Crippen LogP contribution < -0.4 is 5.32 Å². The van der Waals surface area contributed by atoms with Gasteiger partial charge in [-0.15, -0.1) is 23.1 Å². The fourth-order valence-electron chi connectivity index (χ4n) is 1.82. The lowest BCUT2D eigenvalue weighted by molar-refractivity contribution is -0.141. The summed E-state index contributed by atoms with van der Waals surface area (Å²) < 4.78 is 38.8. The predicted octanol–water partition coefficient (Wildman–Crippen LogP) is 4.48. The summed E-state index contributed by atoms with van der Waals surface area (Å²) in [6.07, 6.45) is -4.39. The lowest BCUT2D eigenvalue weighted by Crippen LogP contribution is -2.12. The first-order valence-electron chi connectivity index (χ1n) is 6.30. The first-order valence-corrected chi connectivity index (χ1v) is 8.11. The lowest BCUT2D eigenvalue weighted by atomic mass is 10.2. The Hall–Kier alpha value is -1.05. The molecule has 2 nitrogen and oxygen atoms in total. The van der Waals surface area contributed by atoms with Crippen LogP contribution in [0, 0.1) is 6.92 Å². The summed E-state index contributed by atoms with van der Waals surface area (Å²) in [6, 6.07) is 7.81. The number of nitrogens with zero attached hydrogens (tertiary/aromatic N) is 1. The Labute approximate surface area is 129 Å². The molecule has 0 saturated heterocycles. The van der Waals surface area contributed by atoms with Crippen molar-refractivity contribution in [2.45, 2.75) is 30.3 Å². The van der Waals surface area contributed by atoms with E-state index in [4.69, 9.17) is 0 Å². The van der Waals surface area contributed by atoms with E-state index in [1.807, 2.05) is 31.2 Å². The lowest BCUT2D eigenvalue weighted by Gasteiger charge is -2.05. The van der Waals surface area contributed by atoms with Gasteiger partial charge in [0.25, 0.3) is 0 Å². The molecule has 0 aliphatic heterocycles. The number of nitrogens with one attached hydrogen (secondary N) is 1. The number of thioether (sulfide) groups is 1. The molecule has 0 fully saturated rings. The molecule has 1 aromatic carbocycles. The zero-order valence-electron chi connectivity index (χ0n) is 11.6. The monoisotopic (exact) mass is 332 g/mol. The molecular formula is C14H15F3N2S2. The maximum atomic E-state index is 12.9. The zero-order chi connectivity index (χ0) is 15.5. The van der Waals surface area contributed by atoms with E-state index in [9.17, 15) is 13.2 Å². The van der Waals surface area contributed by atoms with E-state index in [-0.39, 0.29) is 11.4 Å². The van der Waals surface area contributed by atoms with Crippen molar-refractivity contribution >= 4 is 23.1 Å². The molecule has 0 bridgehead atoms. The van der Waals surface area contributed by atoms with Crippen LogP contribution in [0.1, 0.15) is 21.1 Å². The Morgan fingerprint density at radius 2 is 2.00 bits per heavy atom. The Bertz CT molecular complexity index is 609. The quantitative estimate of drug-likeness (QED) is 0.817. The average Bonchev–Trinajstić information content (AvgIpc) is 2.81. The number of benzene rings is 1. The minimum atomic E-state index is -4.39. The van der Waals surface area contributed by atoms with E-state index in [0.717, 1.165) is 21.8 Å². The van der Waals surface area contributed by atoms with Gasteiger partial charge < -0.3 is 5.32 Å². The third kappa shape index (κ3) is 4.21. The van der Waals surface area contributed by atoms with Crippen LogP contribution in [-0.2, 0) is 18.5 Å². The van der Waals surface area contributed by atoms with Gasteiger partial charge in [-0.2, -0.15) is 13.2 Å². The molecule has 2 rings (SSSR count). The molecule has 0 aliphatic rings. The van der Waals surface area contributed by atoms with Crippen molar-refractivity contribution in [3.8, 4) is 0 Å². The maximum absolute atomic E-state index is 12.9. The van der Waals surface area contributed by atoms with Crippen LogP contribution in [0.2, 0.25) is 0 Å². The SMILES string of the molecule is CNCc1sc(CSc2ccccc2C)nc1C(F)(F)F. The van der Waals surface area contributed by atoms with E-state index in [1.54, 1.807) is 7.05 Å². The van der Waals surface area contributed by atoms with Crippen molar-refractivity contribution in [2.75, 3.05) is 7.05 Å². The van der Waals surface area contributed by atoms with Crippen LogP contribution in [0.3, 0.4) is 0 Å². The number of halogens is 3. The second-order valence-corrected chi connectivity index (χ2v) is 6.65. The number of alkyl halides is 3. The van der Waals surface area contributed by atoms with Gasteiger partial charge in [-0.1, -0.05) is 18.2 Å². The standard InChI is InChI=1S/C14H15F3N2S2/c1-9-5-3-4-6-10(9)20-8-12-19-13(14(15,16)17)11(21-12)7-18-2/h3-6,18H,7-8H2,1-2H3. The van der Waals surface area contributed by atoms with Gasteiger partial charge in [-0.3, -0.25) is 0 Å². The molecule has 0 saturated carbocycles. The van der Waals surface area contributed by atoms with E-state index in [2.05, 4.69) is 10.3 Å². The van der Waals surface area contributed by atoms with Crippen molar-refractivity contribution in [1.82, 2.24) is 10.3 Å². The number of hydrogen-bond acceptors (Lipinski definition) is 4. The average molecular weight is 332 g/mol. The third-order valence-corrected chi connectivity index (χ3v) is 5.22. The molecule has 0 radical (unpaired) electrons. The van der Waals surface area contributed by atoms with Gasteiger partial charge in [0, 0.05) is 11.4 Å². The zero-order valence-corrected chi connectivity index (χ0v) is 13.3. The summed E-state index contributed by atoms with van der Waals surface area (Å²) in [6.45, 7) is 2.17. The Kier molecular flexibility index (Phi) is 5.29. The normalized spacial score (nSPS) is 11.9. The van der Waals surface area contributed by atoms with E-state index in [0.29, 0.717) is 10.8 Å². The highest BCUT2D eigenvalue weighted by molar-refractivity contribution is 7.98. The topological polar surface area (TPSA) is 24.9 Å². The van der Waals surface area contributed by atoms with E-state index >= 15 is 0 Å². The summed E-state index contributed by atoms with van der Waals surface area (Å²) in [5.41, 5.74) is 0.354. The van der Waals surface area contributed by atoms with Crippen molar-refractivity contribution in [2.24, 2.45) is 0 Å².